The highest BCUT2D eigenvalue weighted by Gasteiger charge is 2.24. The summed E-state index contributed by atoms with van der Waals surface area (Å²) in [6, 6.07) is 3.17. The lowest BCUT2D eigenvalue weighted by Crippen LogP contribution is -2.26. The van der Waals surface area contributed by atoms with Crippen molar-refractivity contribution in [1.82, 2.24) is 34.7 Å². The molecule has 0 spiro atoms. The Morgan fingerprint density at radius 1 is 1.04 bits per heavy atom. The second kappa shape index (κ2) is 6.13. The highest BCUT2D eigenvalue weighted by molar-refractivity contribution is 5.82. The molecule has 0 aliphatic carbocycles. The van der Waals surface area contributed by atoms with Crippen LogP contribution in [0.25, 0.3) is 28.2 Å². The summed E-state index contributed by atoms with van der Waals surface area (Å²) >= 11 is 0. The van der Waals surface area contributed by atoms with Gasteiger partial charge in [0.15, 0.2) is 0 Å². The zero-order valence-corrected chi connectivity index (χ0v) is 14.4. The Hall–Kier alpha value is -3.33. The van der Waals surface area contributed by atoms with E-state index in [1.807, 2.05) is 13.0 Å². The Labute approximate surface area is 153 Å². The number of rotatable bonds is 3. The van der Waals surface area contributed by atoms with Gasteiger partial charge >= 0.3 is 0 Å². The van der Waals surface area contributed by atoms with Crippen LogP contribution in [0.1, 0.15) is 17.3 Å². The zero-order valence-electron chi connectivity index (χ0n) is 14.4. The van der Waals surface area contributed by atoms with E-state index in [9.17, 15) is 4.39 Å². The number of nitrogens with zero attached hydrogens (tertiary/aromatic N) is 7. The van der Waals surface area contributed by atoms with E-state index >= 15 is 0 Å². The van der Waals surface area contributed by atoms with Crippen LogP contribution in [0.5, 0.6) is 0 Å². The summed E-state index contributed by atoms with van der Waals surface area (Å²) in [7, 11) is 0. The molecule has 5 heterocycles. The minimum atomic E-state index is -0.593. The highest BCUT2D eigenvalue weighted by Crippen LogP contribution is 2.25. The van der Waals surface area contributed by atoms with E-state index in [0.717, 1.165) is 11.1 Å². The summed E-state index contributed by atoms with van der Waals surface area (Å²) < 4.78 is 20.8. The minimum Gasteiger partial charge on any atom is -0.380 e. The molecule has 4 aromatic rings. The van der Waals surface area contributed by atoms with Crippen LogP contribution in [-0.4, -0.2) is 47.9 Å². The molecule has 0 N–H and O–H groups in total. The number of aromatic nitrogens is 7. The summed E-state index contributed by atoms with van der Waals surface area (Å²) in [6.45, 7) is 2.94. The molecule has 0 aromatic carbocycles. The Bertz CT molecular complexity index is 1160. The maximum Gasteiger partial charge on any atom is 0.254 e. The third-order valence-corrected chi connectivity index (χ3v) is 4.42. The number of hydrogen-bond donors (Lipinski definition) is 0. The molecule has 1 fully saturated rings. The third kappa shape index (κ3) is 2.81. The molecular weight excluding hydrogens is 349 g/mol. The van der Waals surface area contributed by atoms with Crippen molar-refractivity contribution < 1.29 is 9.13 Å². The minimum absolute atomic E-state index is 0.0860. The predicted octanol–water partition coefficient (Wildman–Crippen LogP) is 2.23. The molecule has 0 unspecified atom stereocenters. The standard InChI is InChI=1S/C18H14FN7O/c1-10-4-20-7-15(23-10)14-2-16-11(5-21-14)6-22-26(16)18-24-13(3-17(19)25-18)12-8-27-9-12/h2-7,12H,8-9H2,1H3. The summed E-state index contributed by atoms with van der Waals surface area (Å²) in [5.74, 6) is -0.327. The van der Waals surface area contributed by atoms with Crippen molar-refractivity contribution >= 4 is 10.9 Å². The van der Waals surface area contributed by atoms with Gasteiger partial charge in [0, 0.05) is 29.8 Å². The lowest BCUT2D eigenvalue weighted by molar-refractivity contribution is 0.00651. The van der Waals surface area contributed by atoms with E-state index in [1.165, 1.54) is 10.7 Å². The molecule has 1 saturated heterocycles. The molecule has 8 nitrogen and oxygen atoms in total. The van der Waals surface area contributed by atoms with Crippen LogP contribution < -0.4 is 0 Å². The fraction of sp³-hybridized carbons (Fsp3) is 0.222. The number of hydrogen-bond acceptors (Lipinski definition) is 7. The van der Waals surface area contributed by atoms with Crippen LogP contribution in [0.15, 0.2) is 36.9 Å². The first-order chi connectivity index (χ1) is 13.2. The second-order valence-corrected chi connectivity index (χ2v) is 6.38. The van der Waals surface area contributed by atoms with Crippen molar-refractivity contribution in [3.8, 4) is 17.3 Å². The average molecular weight is 363 g/mol. The van der Waals surface area contributed by atoms with Gasteiger partial charge in [0.1, 0.15) is 5.69 Å². The number of aryl methyl sites for hydroxylation is 1. The topological polar surface area (TPSA) is 91.5 Å². The van der Waals surface area contributed by atoms with Gasteiger partial charge in [-0.2, -0.15) is 19.2 Å². The first-order valence-electron chi connectivity index (χ1n) is 8.43. The van der Waals surface area contributed by atoms with Crippen molar-refractivity contribution in [1.29, 1.82) is 0 Å². The van der Waals surface area contributed by atoms with Gasteiger partial charge in [0.05, 0.1) is 48.2 Å². The van der Waals surface area contributed by atoms with Crippen LogP contribution in [0, 0.1) is 12.9 Å². The van der Waals surface area contributed by atoms with E-state index in [0.29, 0.717) is 35.8 Å². The Balaban J connectivity index is 1.63. The van der Waals surface area contributed by atoms with Crippen LogP contribution >= 0.6 is 0 Å². The van der Waals surface area contributed by atoms with Gasteiger partial charge in [-0.05, 0) is 13.0 Å². The molecule has 0 atom stereocenters. The first-order valence-corrected chi connectivity index (χ1v) is 8.43. The molecule has 134 valence electrons. The maximum atomic E-state index is 14.1. The Morgan fingerprint density at radius 2 is 1.93 bits per heavy atom. The van der Waals surface area contributed by atoms with Crippen LogP contribution in [0.4, 0.5) is 4.39 Å². The maximum absolute atomic E-state index is 14.1. The number of ether oxygens (including phenoxy) is 1. The molecule has 9 heteroatoms. The van der Waals surface area contributed by atoms with E-state index in [1.54, 1.807) is 24.8 Å². The van der Waals surface area contributed by atoms with Gasteiger partial charge in [0.25, 0.3) is 5.95 Å². The van der Waals surface area contributed by atoms with Gasteiger partial charge in [-0.1, -0.05) is 0 Å². The monoisotopic (exact) mass is 363 g/mol. The molecule has 1 aliphatic rings. The zero-order chi connectivity index (χ0) is 18.4. The van der Waals surface area contributed by atoms with Crippen molar-refractivity contribution in [2.24, 2.45) is 0 Å². The van der Waals surface area contributed by atoms with Gasteiger partial charge in [0.2, 0.25) is 5.95 Å². The SMILES string of the molecule is Cc1cncc(-c2cc3c(cn2)cnn3-c2nc(F)cc(C3COC3)n2)n1. The average Bonchev–Trinajstić information content (AvgIpc) is 3.03. The molecule has 5 rings (SSSR count). The smallest absolute Gasteiger partial charge is 0.254 e. The predicted molar refractivity (Wildman–Crippen MR) is 93.7 cm³/mol. The van der Waals surface area contributed by atoms with Crippen molar-refractivity contribution in [3.05, 3.63) is 54.3 Å². The van der Waals surface area contributed by atoms with Crippen LogP contribution in [0.2, 0.25) is 0 Å². The van der Waals surface area contributed by atoms with E-state index < -0.39 is 5.95 Å². The lowest BCUT2D eigenvalue weighted by Gasteiger charge is -2.25. The Kier molecular flexibility index (Phi) is 3.61. The van der Waals surface area contributed by atoms with E-state index in [4.69, 9.17) is 4.74 Å². The third-order valence-electron chi connectivity index (χ3n) is 4.42. The second-order valence-electron chi connectivity index (χ2n) is 6.38. The summed E-state index contributed by atoms with van der Waals surface area (Å²) in [4.78, 5) is 21.4. The molecule has 0 bridgehead atoms. The lowest BCUT2D eigenvalue weighted by atomic mass is 10.0. The van der Waals surface area contributed by atoms with Crippen molar-refractivity contribution in [2.45, 2.75) is 12.8 Å². The van der Waals surface area contributed by atoms with Crippen molar-refractivity contribution in [3.63, 3.8) is 0 Å². The van der Waals surface area contributed by atoms with Gasteiger partial charge in [-0.3, -0.25) is 9.97 Å². The Morgan fingerprint density at radius 3 is 2.70 bits per heavy atom. The fourth-order valence-corrected chi connectivity index (χ4v) is 2.94. The number of pyridine rings is 1. The summed E-state index contributed by atoms with van der Waals surface area (Å²) in [5, 5.41) is 5.11. The normalized spacial score (nSPS) is 14.4. The largest absolute Gasteiger partial charge is 0.380 e. The summed E-state index contributed by atoms with van der Waals surface area (Å²) in [6.07, 6.45) is 6.67. The molecule has 0 radical (unpaired) electrons. The molecule has 27 heavy (non-hydrogen) atoms. The van der Waals surface area contributed by atoms with Crippen molar-refractivity contribution in [2.75, 3.05) is 13.2 Å². The molecular formula is C18H14FN7O. The quantitative estimate of drug-likeness (QED) is 0.515. The first kappa shape index (κ1) is 15.9. The molecule has 0 saturated carbocycles. The van der Waals surface area contributed by atoms with E-state index in [2.05, 4.69) is 30.0 Å². The molecule has 0 amide bonds. The van der Waals surface area contributed by atoms with Gasteiger partial charge in [-0.25, -0.2) is 9.97 Å². The van der Waals surface area contributed by atoms with E-state index in [-0.39, 0.29) is 11.9 Å². The number of fused-ring (bicyclic) bond motifs is 1. The van der Waals surface area contributed by atoms with Gasteiger partial charge < -0.3 is 4.74 Å². The van der Waals surface area contributed by atoms with Crippen LogP contribution in [-0.2, 0) is 4.74 Å². The molecule has 4 aromatic heterocycles. The summed E-state index contributed by atoms with van der Waals surface area (Å²) in [5.41, 5.74) is 3.42. The van der Waals surface area contributed by atoms with Crippen LogP contribution in [0.3, 0.4) is 0 Å². The fourth-order valence-electron chi connectivity index (χ4n) is 2.94. The number of halogens is 1. The molecule has 1 aliphatic heterocycles. The highest BCUT2D eigenvalue weighted by atomic mass is 19.1. The van der Waals surface area contributed by atoms with Gasteiger partial charge in [-0.15, -0.1) is 0 Å².